The van der Waals surface area contributed by atoms with Crippen molar-refractivity contribution in [3.8, 4) is 0 Å². The first-order valence-electron chi connectivity index (χ1n) is 9.31. The summed E-state index contributed by atoms with van der Waals surface area (Å²) in [5.74, 6) is 1.07. The molecule has 2 aromatic heterocycles. The van der Waals surface area contributed by atoms with Crippen LogP contribution in [0.4, 0.5) is 0 Å². The summed E-state index contributed by atoms with van der Waals surface area (Å²) in [7, 11) is 0. The first kappa shape index (κ1) is 18.1. The van der Waals surface area contributed by atoms with Crippen LogP contribution >= 0.6 is 0 Å². The Hall–Kier alpha value is -1.73. The molecule has 7 heteroatoms. The van der Waals surface area contributed by atoms with Crippen molar-refractivity contribution >= 4 is 0 Å². The van der Waals surface area contributed by atoms with Gasteiger partial charge in [-0.1, -0.05) is 18.1 Å². The topological polar surface area (TPSA) is 80.8 Å². The lowest BCUT2D eigenvalue weighted by Gasteiger charge is -2.32. The molecule has 3 rings (SSSR count). The Labute approximate surface area is 149 Å². The summed E-state index contributed by atoms with van der Waals surface area (Å²) in [4.78, 5) is 4.26. The highest BCUT2D eigenvalue weighted by atomic mass is 16.3. The molecule has 0 saturated heterocycles. The number of imidazole rings is 1. The van der Waals surface area contributed by atoms with Crippen molar-refractivity contribution in [2.24, 2.45) is 0 Å². The van der Waals surface area contributed by atoms with E-state index in [1.807, 2.05) is 30.2 Å². The predicted molar refractivity (Wildman–Crippen MR) is 96.1 cm³/mol. The maximum Gasteiger partial charge on any atom is 0.114 e. The van der Waals surface area contributed by atoms with Crippen LogP contribution in [0.2, 0.25) is 0 Å². The van der Waals surface area contributed by atoms with Crippen molar-refractivity contribution < 1.29 is 5.11 Å². The number of aliphatic hydroxyl groups is 1. The lowest BCUT2D eigenvalue weighted by Crippen LogP contribution is -2.40. The van der Waals surface area contributed by atoms with E-state index in [0.717, 1.165) is 38.2 Å². The second-order valence-electron chi connectivity index (χ2n) is 7.58. The molecule has 0 radical (unpaired) electrons. The van der Waals surface area contributed by atoms with Gasteiger partial charge in [-0.15, -0.1) is 5.10 Å². The van der Waals surface area contributed by atoms with Gasteiger partial charge in [0.2, 0.25) is 0 Å². The maximum absolute atomic E-state index is 10.1. The lowest BCUT2D eigenvalue weighted by molar-refractivity contribution is 0.0736. The molecule has 1 saturated carbocycles. The average Bonchev–Trinajstić information content (AvgIpc) is 3.21. The minimum absolute atomic E-state index is 0.312. The fraction of sp³-hybridized carbons (Fsp3) is 0.722. The summed E-state index contributed by atoms with van der Waals surface area (Å²) >= 11 is 0. The molecule has 25 heavy (non-hydrogen) atoms. The van der Waals surface area contributed by atoms with Crippen LogP contribution in [0.15, 0.2) is 18.6 Å². The first-order chi connectivity index (χ1) is 11.9. The van der Waals surface area contributed by atoms with Gasteiger partial charge in [0.05, 0.1) is 12.2 Å². The van der Waals surface area contributed by atoms with Gasteiger partial charge < -0.3 is 15.0 Å². The molecule has 2 heterocycles. The molecule has 2 atom stereocenters. The molecule has 7 nitrogen and oxygen atoms in total. The van der Waals surface area contributed by atoms with Crippen molar-refractivity contribution in [2.75, 3.05) is 6.54 Å². The SMILES string of the molecule is Cc1nccn1CCCN[C@H]1CCCC[C@H]1n1cc(C(C)(C)O)nn1. The van der Waals surface area contributed by atoms with Gasteiger partial charge in [0.1, 0.15) is 17.1 Å². The van der Waals surface area contributed by atoms with E-state index >= 15 is 0 Å². The smallest absolute Gasteiger partial charge is 0.114 e. The van der Waals surface area contributed by atoms with E-state index in [1.54, 1.807) is 13.8 Å². The second kappa shape index (κ2) is 7.66. The largest absolute Gasteiger partial charge is 0.384 e. The van der Waals surface area contributed by atoms with Crippen LogP contribution in [0.1, 0.15) is 63.5 Å². The second-order valence-corrected chi connectivity index (χ2v) is 7.58. The molecule has 1 aliphatic carbocycles. The molecule has 0 bridgehead atoms. The molecule has 0 amide bonds. The van der Waals surface area contributed by atoms with Crippen LogP contribution in [0, 0.1) is 6.92 Å². The van der Waals surface area contributed by atoms with E-state index in [4.69, 9.17) is 0 Å². The number of nitrogens with one attached hydrogen (secondary N) is 1. The van der Waals surface area contributed by atoms with Crippen LogP contribution in [0.5, 0.6) is 0 Å². The van der Waals surface area contributed by atoms with Gasteiger partial charge in [0, 0.05) is 25.0 Å². The lowest BCUT2D eigenvalue weighted by atomic mass is 9.90. The summed E-state index contributed by atoms with van der Waals surface area (Å²) in [5.41, 5.74) is -0.314. The molecule has 2 aromatic rings. The molecule has 2 N–H and O–H groups in total. The highest BCUT2D eigenvalue weighted by Crippen LogP contribution is 2.29. The average molecular weight is 346 g/mol. The molecule has 138 valence electrons. The van der Waals surface area contributed by atoms with E-state index < -0.39 is 5.60 Å². The Morgan fingerprint density at radius 2 is 2.12 bits per heavy atom. The summed E-state index contributed by atoms with van der Waals surface area (Å²) < 4.78 is 4.14. The van der Waals surface area contributed by atoms with Gasteiger partial charge in [-0.2, -0.15) is 0 Å². The highest BCUT2D eigenvalue weighted by Gasteiger charge is 2.29. The minimum atomic E-state index is -0.946. The number of aryl methyl sites for hydroxylation is 2. The van der Waals surface area contributed by atoms with Crippen molar-refractivity contribution in [3.63, 3.8) is 0 Å². The van der Waals surface area contributed by atoms with Crippen LogP contribution in [-0.4, -0.2) is 42.2 Å². The van der Waals surface area contributed by atoms with Crippen molar-refractivity contribution in [3.05, 3.63) is 30.1 Å². The molecule has 0 unspecified atom stereocenters. The third-order valence-electron chi connectivity index (χ3n) is 5.11. The Kier molecular flexibility index (Phi) is 5.54. The van der Waals surface area contributed by atoms with Gasteiger partial charge in [-0.25, -0.2) is 9.67 Å². The van der Waals surface area contributed by atoms with Crippen molar-refractivity contribution in [2.45, 2.75) is 77.1 Å². The Bertz CT molecular complexity index is 671. The molecule has 0 spiro atoms. The summed E-state index contributed by atoms with van der Waals surface area (Å²) in [6.45, 7) is 7.50. The number of nitrogens with zero attached hydrogens (tertiary/aromatic N) is 5. The number of rotatable bonds is 7. The number of hydrogen-bond donors (Lipinski definition) is 2. The zero-order valence-electron chi connectivity index (χ0n) is 15.5. The standard InChI is InChI=1S/C18H30N6O/c1-14-19-10-12-23(14)11-6-9-20-15-7-4-5-8-16(15)24-13-17(21-22-24)18(2,3)25/h10,12-13,15-16,20,25H,4-9,11H2,1-3H3/t15-,16+/m0/s1. The Morgan fingerprint density at radius 3 is 2.80 bits per heavy atom. The van der Waals surface area contributed by atoms with E-state index in [-0.39, 0.29) is 0 Å². The van der Waals surface area contributed by atoms with Crippen LogP contribution in [0.3, 0.4) is 0 Å². The molecule has 1 fully saturated rings. The van der Waals surface area contributed by atoms with E-state index in [1.165, 1.54) is 12.8 Å². The van der Waals surface area contributed by atoms with Crippen LogP contribution < -0.4 is 5.32 Å². The van der Waals surface area contributed by atoms with Gasteiger partial charge in [-0.3, -0.25) is 0 Å². The predicted octanol–water partition coefficient (Wildman–Crippen LogP) is 2.17. The van der Waals surface area contributed by atoms with Crippen molar-refractivity contribution in [1.82, 2.24) is 29.9 Å². The Balaban J connectivity index is 1.55. The quantitative estimate of drug-likeness (QED) is 0.751. The monoisotopic (exact) mass is 346 g/mol. The molecule has 0 aliphatic heterocycles. The zero-order valence-corrected chi connectivity index (χ0v) is 15.5. The fourth-order valence-corrected chi connectivity index (χ4v) is 3.56. The maximum atomic E-state index is 10.1. The third-order valence-corrected chi connectivity index (χ3v) is 5.11. The Morgan fingerprint density at radius 1 is 1.32 bits per heavy atom. The zero-order chi connectivity index (χ0) is 17.9. The van der Waals surface area contributed by atoms with Crippen LogP contribution in [0.25, 0.3) is 0 Å². The first-order valence-corrected chi connectivity index (χ1v) is 9.31. The normalized spacial score (nSPS) is 21.6. The summed E-state index contributed by atoms with van der Waals surface area (Å²) in [6, 6.07) is 0.723. The molecular formula is C18H30N6O. The van der Waals surface area contributed by atoms with E-state index in [2.05, 4.69) is 25.2 Å². The van der Waals surface area contributed by atoms with Gasteiger partial charge in [0.25, 0.3) is 0 Å². The van der Waals surface area contributed by atoms with E-state index in [0.29, 0.717) is 17.8 Å². The van der Waals surface area contributed by atoms with Gasteiger partial charge >= 0.3 is 0 Å². The van der Waals surface area contributed by atoms with E-state index in [9.17, 15) is 5.11 Å². The molecule has 1 aliphatic rings. The third kappa shape index (κ3) is 4.46. The highest BCUT2D eigenvalue weighted by molar-refractivity contribution is 5.04. The van der Waals surface area contributed by atoms with Crippen LogP contribution in [-0.2, 0) is 12.1 Å². The fourth-order valence-electron chi connectivity index (χ4n) is 3.56. The molecule has 0 aromatic carbocycles. The van der Waals surface area contributed by atoms with Gasteiger partial charge in [-0.05, 0) is 46.6 Å². The minimum Gasteiger partial charge on any atom is -0.384 e. The summed E-state index contributed by atoms with van der Waals surface area (Å²) in [5, 5.41) is 22.3. The summed E-state index contributed by atoms with van der Waals surface area (Å²) in [6.07, 6.45) is 11.6. The molecular weight excluding hydrogens is 316 g/mol. The van der Waals surface area contributed by atoms with Crippen molar-refractivity contribution in [1.29, 1.82) is 0 Å². The number of aromatic nitrogens is 5. The van der Waals surface area contributed by atoms with Gasteiger partial charge in [0.15, 0.2) is 0 Å². The number of hydrogen-bond acceptors (Lipinski definition) is 5.